The van der Waals surface area contributed by atoms with Crippen molar-refractivity contribution in [1.82, 2.24) is 0 Å². The van der Waals surface area contributed by atoms with Crippen LogP contribution in [0.2, 0.25) is 0 Å². The molecule has 0 aromatic carbocycles. The summed E-state index contributed by atoms with van der Waals surface area (Å²) in [4.78, 5) is 0. The lowest BCUT2D eigenvalue weighted by atomic mass is 10.0. The van der Waals surface area contributed by atoms with Crippen LogP contribution in [0.5, 0.6) is 0 Å². The van der Waals surface area contributed by atoms with E-state index >= 15 is 0 Å². The van der Waals surface area contributed by atoms with Gasteiger partial charge in [0.25, 0.3) is 0 Å². The molecule has 0 radical (unpaired) electrons. The smallest absolute Gasteiger partial charge is 0.0198 e. The summed E-state index contributed by atoms with van der Waals surface area (Å²) in [5, 5.41) is 0. The molecule has 0 aliphatic carbocycles. The quantitative estimate of drug-likeness (QED) is 0.520. The maximum Gasteiger partial charge on any atom is -0.0198 e. The molecule has 0 aliphatic rings. The van der Waals surface area contributed by atoms with Gasteiger partial charge in [0, 0.05) is 0 Å². The van der Waals surface area contributed by atoms with E-state index in [0.29, 0.717) is 5.92 Å². The third kappa shape index (κ3) is 5.72. The van der Waals surface area contributed by atoms with Gasteiger partial charge < -0.3 is 0 Å². The molecule has 0 aromatic rings. The summed E-state index contributed by atoms with van der Waals surface area (Å²) < 4.78 is 0. The van der Waals surface area contributed by atoms with E-state index in [-0.39, 0.29) is 0 Å². The summed E-state index contributed by atoms with van der Waals surface area (Å²) in [6.07, 6.45) is 14.2. The van der Waals surface area contributed by atoms with Crippen molar-refractivity contribution < 1.29 is 0 Å². The Labute approximate surface area is 76.0 Å². The van der Waals surface area contributed by atoms with E-state index < -0.39 is 0 Å². The number of hydrogen-bond donors (Lipinski definition) is 0. The van der Waals surface area contributed by atoms with Gasteiger partial charge in [0.2, 0.25) is 0 Å². The van der Waals surface area contributed by atoms with Crippen molar-refractivity contribution >= 4 is 0 Å². The maximum absolute atomic E-state index is 3.64. The van der Waals surface area contributed by atoms with Gasteiger partial charge in [-0.25, -0.2) is 0 Å². The summed E-state index contributed by atoms with van der Waals surface area (Å²) in [5.74, 6) is 0.638. The van der Waals surface area contributed by atoms with Gasteiger partial charge in [0.1, 0.15) is 0 Å². The zero-order valence-electron chi connectivity index (χ0n) is 7.87. The highest BCUT2D eigenvalue weighted by molar-refractivity contribution is 5.03. The van der Waals surface area contributed by atoms with Crippen molar-refractivity contribution in [2.24, 2.45) is 5.92 Å². The van der Waals surface area contributed by atoms with Crippen LogP contribution < -0.4 is 0 Å². The molecule has 0 amide bonds. The van der Waals surface area contributed by atoms with Crippen molar-refractivity contribution in [3.63, 3.8) is 0 Å². The predicted octanol–water partition coefficient (Wildman–Crippen LogP) is 3.89. The molecule has 0 nitrogen and oxygen atoms in total. The highest BCUT2D eigenvalue weighted by Crippen LogP contribution is 2.10. The molecular formula is C12H18. The Bertz CT molecular complexity index is 172. The Morgan fingerprint density at radius 2 is 1.83 bits per heavy atom. The average molecular weight is 162 g/mol. The van der Waals surface area contributed by atoms with E-state index in [0.717, 1.165) is 6.42 Å². The Hall–Kier alpha value is -1.04. The molecule has 12 heavy (non-hydrogen) atoms. The van der Waals surface area contributed by atoms with Gasteiger partial charge in [0.05, 0.1) is 0 Å². The van der Waals surface area contributed by atoms with E-state index in [9.17, 15) is 0 Å². The molecule has 0 fully saturated rings. The maximum atomic E-state index is 3.64. The van der Waals surface area contributed by atoms with Crippen LogP contribution >= 0.6 is 0 Å². The average Bonchev–Trinajstić information content (AvgIpc) is 2.11. The van der Waals surface area contributed by atoms with Crippen molar-refractivity contribution in [2.75, 3.05) is 0 Å². The first-order valence-electron chi connectivity index (χ1n) is 4.42. The highest BCUT2D eigenvalue weighted by Gasteiger charge is 1.96. The van der Waals surface area contributed by atoms with Gasteiger partial charge in [-0.2, -0.15) is 0 Å². The van der Waals surface area contributed by atoms with Crippen LogP contribution in [0.3, 0.4) is 0 Å². The van der Waals surface area contributed by atoms with Crippen LogP contribution in [0.1, 0.15) is 19.8 Å². The molecule has 0 aliphatic heterocycles. The second-order valence-corrected chi connectivity index (χ2v) is 2.69. The molecule has 0 saturated carbocycles. The Morgan fingerprint density at radius 3 is 2.33 bits per heavy atom. The third-order valence-corrected chi connectivity index (χ3v) is 1.75. The lowest BCUT2D eigenvalue weighted by molar-refractivity contribution is 0.638. The normalized spacial score (nSPS) is 13.8. The number of rotatable bonds is 6. The number of hydrogen-bond acceptors (Lipinski definition) is 0. The largest absolute Gasteiger partial charge is 0.0991 e. The minimum atomic E-state index is 0.638. The predicted molar refractivity (Wildman–Crippen MR) is 57.1 cm³/mol. The second kappa shape index (κ2) is 8.06. The van der Waals surface area contributed by atoms with Gasteiger partial charge in [-0.15, -0.1) is 0 Å². The molecule has 0 saturated heterocycles. The summed E-state index contributed by atoms with van der Waals surface area (Å²) in [5.41, 5.74) is 0. The minimum absolute atomic E-state index is 0.638. The monoisotopic (exact) mass is 162 g/mol. The molecule has 0 bridgehead atoms. The molecule has 1 unspecified atom stereocenters. The summed E-state index contributed by atoms with van der Waals surface area (Å²) in [6, 6.07) is 0. The second-order valence-electron chi connectivity index (χ2n) is 2.69. The van der Waals surface area contributed by atoms with Crippen LogP contribution in [0.4, 0.5) is 0 Å². The molecule has 0 aromatic heterocycles. The summed E-state index contributed by atoms with van der Waals surface area (Å²) in [6.45, 7) is 9.46. The first-order chi connectivity index (χ1) is 5.85. The van der Waals surface area contributed by atoms with Crippen LogP contribution in [0.25, 0.3) is 0 Å². The van der Waals surface area contributed by atoms with Crippen LogP contribution in [-0.4, -0.2) is 0 Å². The van der Waals surface area contributed by atoms with E-state index in [2.05, 4.69) is 32.2 Å². The van der Waals surface area contributed by atoms with Gasteiger partial charge in [0.15, 0.2) is 0 Å². The highest BCUT2D eigenvalue weighted by atomic mass is 14.0. The fraction of sp³-hybridized carbons (Fsp3) is 0.333. The minimum Gasteiger partial charge on any atom is -0.0991 e. The van der Waals surface area contributed by atoms with E-state index in [4.69, 9.17) is 0 Å². The standard InChI is InChI=1S/C12H18/c1-4-7-9-11-12(6-3)10-8-5-2/h4-5,7-10,12H,1-2,6,11H2,3H3/b9-7+,10-8+. The van der Waals surface area contributed by atoms with E-state index in [1.165, 1.54) is 6.42 Å². The van der Waals surface area contributed by atoms with Crippen molar-refractivity contribution in [2.45, 2.75) is 19.8 Å². The van der Waals surface area contributed by atoms with Gasteiger partial charge >= 0.3 is 0 Å². The van der Waals surface area contributed by atoms with Gasteiger partial charge in [-0.05, 0) is 18.8 Å². The SMILES string of the molecule is C=C/C=C/CC(/C=C/C=C)CC. The Balaban J connectivity index is 3.81. The molecule has 1 atom stereocenters. The van der Waals surface area contributed by atoms with Gasteiger partial charge in [-0.1, -0.05) is 56.5 Å². The van der Waals surface area contributed by atoms with Crippen molar-refractivity contribution in [1.29, 1.82) is 0 Å². The molecule has 0 N–H and O–H groups in total. The summed E-state index contributed by atoms with van der Waals surface area (Å²) >= 11 is 0. The van der Waals surface area contributed by atoms with Crippen molar-refractivity contribution in [3.05, 3.63) is 49.6 Å². The fourth-order valence-corrected chi connectivity index (χ4v) is 0.967. The summed E-state index contributed by atoms with van der Waals surface area (Å²) in [7, 11) is 0. The topological polar surface area (TPSA) is 0 Å². The first kappa shape index (κ1) is 11.0. The lowest BCUT2D eigenvalue weighted by Crippen LogP contribution is -1.90. The fourth-order valence-electron chi connectivity index (χ4n) is 0.967. The van der Waals surface area contributed by atoms with Crippen LogP contribution in [0, 0.1) is 5.92 Å². The molecule has 0 heteroatoms. The van der Waals surface area contributed by atoms with Gasteiger partial charge in [-0.3, -0.25) is 0 Å². The third-order valence-electron chi connectivity index (χ3n) is 1.75. The molecule has 0 rings (SSSR count). The van der Waals surface area contributed by atoms with Crippen molar-refractivity contribution in [3.8, 4) is 0 Å². The first-order valence-corrected chi connectivity index (χ1v) is 4.42. The van der Waals surface area contributed by atoms with E-state index in [1.54, 1.807) is 0 Å². The number of allylic oxidation sites excluding steroid dienone is 6. The molecule has 0 heterocycles. The molecule has 66 valence electrons. The van der Waals surface area contributed by atoms with Crippen LogP contribution in [-0.2, 0) is 0 Å². The molecule has 0 spiro atoms. The Kier molecular flexibility index (Phi) is 7.36. The Morgan fingerprint density at radius 1 is 1.17 bits per heavy atom. The zero-order valence-corrected chi connectivity index (χ0v) is 7.87. The zero-order chi connectivity index (χ0) is 9.23. The van der Waals surface area contributed by atoms with E-state index in [1.807, 2.05) is 24.3 Å². The lowest BCUT2D eigenvalue weighted by Gasteiger charge is -2.04. The molecular weight excluding hydrogens is 144 g/mol. The van der Waals surface area contributed by atoms with Crippen LogP contribution in [0.15, 0.2) is 49.6 Å².